The molecule has 0 unspecified atom stereocenters. The number of rotatable bonds is 3. The van der Waals surface area contributed by atoms with Gasteiger partial charge in [-0.25, -0.2) is 8.78 Å². The summed E-state index contributed by atoms with van der Waals surface area (Å²) < 4.78 is 30.9. The van der Waals surface area contributed by atoms with Gasteiger partial charge in [0.05, 0.1) is 10.6 Å². The van der Waals surface area contributed by atoms with E-state index in [9.17, 15) is 8.78 Å². The van der Waals surface area contributed by atoms with Crippen LogP contribution in [0.15, 0.2) is 45.8 Å². The highest BCUT2D eigenvalue weighted by Gasteiger charge is 2.17. The topological polar surface area (TPSA) is 49.3 Å². The Morgan fingerprint density at radius 1 is 1.24 bits per heavy atom. The molecule has 0 spiro atoms. The third-order valence-electron chi connectivity index (χ3n) is 2.89. The zero-order valence-corrected chi connectivity index (χ0v) is 11.8. The van der Waals surface area contributed by atoms with Gasteiger partial charge in [-0.3, -0.25) is 4.98 Å². The first kappa shape index (κ1) is 13.8. The van der Waals surface area contributed by atoms with E-state index in [4.69, 9.17) is 0 Å². The second kappa shape index (κ2) is 6.09. The Hall–Kier alpha value is -2.15. The van der Waals surface area contributed by atoms with Crippen LogP contribution in [0.5, 0.6) is 0 Å². The van der Waals surface area contributed by atoms with Gasteiger partial charge in [0.2, 0.25) is 5.96 Å². The third kappa shape index (κ3) is 3.30. The highest BCUT2D eigenvalue weighted by Crippen LogP contribution is 2.34. The zero-order valence-electron chi connectivity index (χ0n) is 10.9. The normalized spacial score (nSPS) is 13.1. The summed E-state index contributed by atoms with van der Waals surface area (Å²) in [6.07, 6.45) is 2.47. The van der Waals surface area contributed by atoms with Crippen molar-refractivity contribution in [1.82, 2.24) is 10.3 Å². The van der Waals surface area contributed by atoms with Gasteiger partial charge in [-0.2, -0.15) is 4.40 Å². The smallest absolute Gasteiger partial charge is 0.207 e. The van der Waals surface area contributed by atoms with Crippen molar-refractivity contribution in [2.24, 2.45) is 4.40 Å². The molecule has 0 fully saturated rings. The number of fused-ring (bicyclic) bond motifs is 1. The van der Waals surface area contributed by atoms with Gasteiger partial charge in [-0.15, -0.1) is 0 Å². The molecule has 4 nitrogen and oxygen atoms in total. The first-order chi connectivity index (χ1) is 10.2. The first-order valence-corrected chi connectivity index (χ1v) is 7.14. The summed E-state index contributed by atoms with van der Waals surface area (Å²) in [4.78, 5) is 4.51. The molecular weight excluding hydrogens is 294 g/mol. The molecule has 0 atom stereocenters. The van der Waals surface area contributed by atoms with Gasteiger partial charge < -0.3 is 10.6 Å². The number of anilines is 1. The highest BCUT2D eigenvalue weighted by atomic mass is 32.2. The van der Waals surface area contributed by atoms with Gasteiger partial charge in [0.1, 0.15) is 11.6 Å². The highest BCUT2D eigenvalue weighted by molar-refractivity contribution is 7.98. The lowest BCUT2D eigenvalue weighted by Crippen LogP contribution is -2.33. The predicted octanol–water partition coefficient (Wildman–Crippen LogP) is 2.98. The number of halogens is 2. The quantitative estimate of drug-likeness (QED) is 0.856. The lowest BCUT2D eigenvalue weighted by Gasteiger charge is -2.18. The number of benzene rings is 1. The number of guanidine groups is 1. The van der Waals surface area contributed by atoms with E-state index in [0.717, 1.165) is 30.1 Å². The lowest BCUT2D eigenvalue weighted by atomic mass is 10.3. The van der Waals surface area contributed by atoms with E-state index in [1.807, 2.05) is 18.2 Å². The Morgan fingerprint density at radius 2 is 2.14 bits per heavy atom. The van der Waals surface area contributed by atoms with Crippen LogP contribution in [0.2, 0.25) is 0 Å². The molecule has 0 aliphatic carbocycles. The number of nitrogens with one attached hydrogen (secondary N) is 2. The van der Waals surface area contributed by atoms with E-state index < -0.39 is 11.6 Å². The first-order valence-electron chi connectivity index (χ1n) is 6.37. The van der Waals surface area contributed by atoms with E-state index in [0.29, 0.717) is 23.1 Å². The van der Waals surface area contributed by atoms with E-state index in [1.165, 1.54) is 6.07 Å². The fourth-order valence-corrected chi connectivity index (χ4v) is 2.57. The molecule has 108 valence electrons. The Morgan fingerprint density at radius 3 is 2.95 bits per heavy atom. The molecule has 1 aromatic carbocycles. The average Bonchev–Trinajstić information content (AvgIpc) is 2.48. The van der Waals surface area contributed by atoms with Crippen molar-refractivity contribution in [3.63, 3.8) is 0 Å². The summed E-state index contributed by atoms with van der Waals surface area (Å²) in [5.74, 6) is -0.749. The third-order valence-corrected chi connectivity index (χ3v) is 3.76. The molecule has 1 aromatic heterocycles. The zero-order chi connectivity index (χ0) is 14.7. The van der Waals surface area contributed by atoms with Crippen LogP contribution in [0.4, 0.5) is 14.5 Å². The Kier molecular flexibility index (Phi) is 4.01. The maximum Gasteiger partial charge on any atom is 0.207 e. The summed E-state index contributed by atoms with van der Waals surface area (Å²) in [5.41, 5.74) is 1.35. The number of hydrogen-bond acceptors (Lipinski definition) is 5. The van der Waals surface area contributed by atoms with Gasteiger partial charge in [0.15, 0.2) is 0 Å². The van der Waals surface area contributed by atoms with Crippen LogP contribution in [-0.4, -0.2) is 17.5 Å². The molecular formula is C14H12F2N4S. The summed E-state index contributed by atoms with van der Waals surface area (Å²) in [6, 6.07) is 7.83. The van der Waals surface area contributed by atoms with Gasteiger partial charge in [-0.1, -0.05) is 6.07 Å². The van der Waals surface area contributed by atoms with Crippen molar-refractivity contribution in [2.75, 3.05) is 11.9 Å². The second-order valence-corrected chi connectivity index (χ2v) is 5.19. The van der Waals surface area contributed by atoms with Gasteiger partial charge in [-0.05, 0) is 18.2 Å². The molecule has 0 saturated carbocycles. The van der Waals surface area contributed by atoms with Crippen molar-refractivity contribution >= 4 is 23.6 Å². The molecule has 3 rings (SSSR count). The van der Waals surface area contributed by atoms with Crippen LogP contribution < -0.4 is 10.6 Å². The summed E-state index contributed by atoms with van der Waals surface area (Å²) in [6.45, 7) is 0.622. The van der Waals surface area contributed by atoms with Crippen LogP contribution in [0.25, 0.3) is 0 Å². The van der Waals surface area contributed by atoms with Crippen LogP contribution in [0.3, 0.4) is 0 Å². The molecule has 0 radical (unpaired) electrons. The van der Waals surface area contributed by atoms with Crippen molar-refractivity contribution < 1.29 is 8.78 Å². The lowest BCUT2D eigenvalue weighted by molar-refractivity contribution is 0.567. The molecule has 2 N–H and O–H groups in total. The largest absolute Gasteiger partial charge is 0.355 e. The minimum absolute atomic E-state index is 0.298. The van der Waals surface area contributed by atoms with E-state index in [2.05, 4.69) is 20.0 Å². The van der Waals surface area contributed by atoms with Crippen molar-refractivity contribution in [3.05, 3.63) is 53.9 Å². The molecule has 2 heterocycles. The van der Waals surface area contributed by atoms with Gasteiger partial charge in [0, 0.05) is 42.9 Å². The maximum absolute atomic E-state index is 13.5. The van der Waals surface area contributed by atoms with Crippen molar-refractivity contribution in [2.45, 2.75) is 11.3 Å². The number of hydrogen-bond donors (Lipinski definition) is 2. The molecule has 7 heteroatoms. The van der Waals surface area contributed by atoms with E-state index in [-0.39, 0.29) is 0 Å². The fraction of sp³-hybridized carbons (Fsp3) is 0.143. The van der Waals surface area contributed by atoms with Crippen molar-refractivity contribution in [3.8, 4) is 0 Å². The number of aromatic nitrogens is 1. The maximum atomic E-state index is 13.5. The summed E-state index contributed by atoms with van der Waals surface area (Å²) in [5, 5.41) is 5.97. The molecule has 0 amide bonds. The standard InChI is InChI=1S/C14H12F2N4S/c15-9-7-11(16)13-12(8-9)19-14(20-21-13)18-6-4-10-3-1-2-5-17-10/h1-3,5,7-8H,4,6H2,(H2,18,19,20). The second-order valence-electron chi connectivity index (χ2n) is 4.42. The monoisotopic (exact) mass is 306 g/mol. The fourth-order valence-electron chi connectivity index (χ4n) is 1.92. The van der Waals surface area contributed by atoms with Crippen LogP contribution >= 0.6 is 11.9 Å². The van der Waals surface area contributed by atoms with Gasteiger partial charge in [0.25, 0.3) is 0 Å². The predicted molar refractivity (Wildman–Crippen MR) is 79.2 cm³/mol. The van der Waals surface area contributed by atoms with Crippen LogP contribution in [0, 0.1) is 11.6 Å². The minimum Gasteiger partial charge on any atom is -0.355 e. The van der Waals surface area contributed by atoms with E-state index in [1.54, 1.807) is 6.20 Å². The van der Waals surface area contributed by atoms with Crippen LogP contribution in [0.1, 0.15) is 5.69 Å². The summed E-state index contributed by atoms with van der Waals surface area (Å²) in [7, 11) is 0. The van der Waals surface area contributed by atoms with Gasteiger partial charge >= 0.3 is 0 Å². The Balaban J connectivity index is 1.60. The number of pyridine rings is 1. The molecule has 21 heavy (non-hydrogen) atoms. The number of nitrogens with zero attached hydrogens (tertiary/aromatic N) is 2. The average molecular weight is 306 g/mol. The Labute approximate surface area is 124 Å². The van der Waals surface area contributed by atoms with E-state index >= 15 is 0 Å². The van der Waals surface area contributed by atoms with Crippen LogP contribution in [-0.2, 0) is 6.42 Å². The molecule has 0 saturated heterocycles. The van der Waals surface area contributed by atoms with Crippen molar-refractivity contribution in [1.29, 1.82) is 0 Å². The Bertz CT molecular complexity index is 676. The molecule has 1 aliphatic rings. The molecule has 1 aliphatic heterocycles. The SMILES string of the molecule is Fc1cc(F)c2c(c1)NC(NCCc1ccccn1)=NS2. The minimum atomic E-state index is -0.617. The molecule has 2 aromatic rings. The summed E-state index contributed by atoms with van der Waals surface area (Å²) >= 11 is 0.984. The molecule has 0 bridgehead atoms.